The molecule has 0 unspecified atom stereocenters. The second-order valence-corrected chi connectivity index (χ2v) is 4.30. The lowest BCUT2D eigenvalue weighted by molar-refractivity contribution is -0.143. The topological polar surface area (TPSA) is 21.3 Å². The number of hydrogen-bond donors (Lipinski definition) is 1. The molecule has 1 aromatic carbocycles. The van der Waals surface area contributed by atoms with Crippen LogP contribution in [0.5, 0.6) is 5.75 Å². The molecule has 0 saturated heterocycles. The van der Waals surface area contributed by atoms with Gasteiger partial charge in [-0.25, -0.2) is 0 Å². The molecule has 120 valence electrons. The molecular weight excluding hydrogens is 300 g/mol. The molecule has 0 heterocycles. The summed E-state index contributed by atoms with van der Waals surface area (Å²) in [5, 5.41) is 2.97. The molecule has 0 aliphatic rings. The van der Waals surface area contributed by atoms with Gasteiger partial charge in [-0.1, -0.05) is 6.92 Å². The molecule has 0 aliphatic heterocycles. The summed E-state index contributed by atoms with van der Waals surface area (Å²) in [5.41, 5.74) is -2.75. The van der Waals surface area contributed by atoms with Crippen molar-refractivity contribution >= 4 is 0 Å². The average molecular weight is 315 g/mol. The van der Waals surface area contributed by atoms with Crippen LogP contribution in [0.25, 0.3) is 0 Å². The van der Waals surface area contributed by atoms with Crippen molar-refractivity contribution in [3.8, 4) is 5.75 Å². The third-order valence-corrected chi connectivity index (χ3v) is 2.58. The van der Waals surface area contributed by atoms with Gasteiger partial charge in [0.2, 0.25) is 0 Å². The van der Waals surface area contributed by atoms with E-state index in [-0.39, 0.29) is 12.7 Å². The zero-order valence-corrected chi connectivity index (χ0v) is 11.2. The van der Waals surface area contributed by atoms with Gasteiger partial charge in [0.05, 0.1) is 17.7 Å². The molecule has 8 heteroatoms. The quantitative estimate of drug-likeness (QED) is 0.630. The van der Waals surface area contributed by atoms with E-state index in [0.29, 0.717) is 25.1 Å². The third kappa shape index (κ3) is 5.82. The molecule has 0 aliphatic carbocycles. The van der Waals surface area contributed by atoms with Gasteiger partial charge in [-0.2, -0.15) is 26.3 Å². The summed E-state index contributed by atoms with van der Waals surface area (Å²) >= 11 is 0. The number of benzene rings is 1. The van der Waals surface area contributed by atoms with Crippen molar-refractivity contribution in [1.29, 1.82) is 0 Å². The van der Waals surface area contributed by atoms with E-state index in [1.807, 2.05) is 6.92 Å². The van der Waals surface area contributed by atoms with Crippen LogP contribution in [0.3, 0.4) is 0 Å². The zero-order chi connectivity index (χ0) is 16.1. The maximum Gasteiger partial charge on any atom is 0.416 e. The Morgan fingerprint density at radius 1 is 0.952 bits per heavy atom. The number of alkyl halides is 6. The van der Waals surface area contributed by atoms with Crippen LogP contribution in [0.4, 0.5) is 26.3 Å². The molecule has 2 nitrogen and oxygen atoms in total. The largest absolute Gasteiger partial charge is 0.494 e. The summed E-state index contributed by atoms with van der Waals surface area (Å²) in [4.78, 5) is 0. The van der Waals surface area contributed by atoms with E-state index in [1.165, 1.54) is 0 Å². The van der Waals surface area contributed by atoms with E-state index >= 15 is 0 Å². The van der Waals surface area contributed by atoms with Crippen molar-refractivity contribution in [2.75, 3.05) is 19.7 Å². The molecule has 0 aromatic heterocycles. The van der Waals surface area contributed by atoms with Crippen LogP contribution >= 0.6 is 0 Å². The van der Waals surface area contributed by atoms with E-state index in [0.717, 1.165) is 6.54 Å². The highest BCUT2D eigenvalue weighted by Crippen LogP contribution is 2.38. The van der Waals surface area contributed by atoms with Crippen molar-refractivity contribution in [3.05, 3.63) is 29.3 Å². The van der Waals surface area contributed by atoms with Crippen molar-refractivity contribution in [1.82, 2.24) is 5.32 Å². The number of halogens is 6. The Balaban J connectivity index is 2.88. The van der Waals surface area contributed by atoms with Crippen LogP contribution in [0.1, 0.15) is 24.5 Å². The molecule has 0 radical (unpaired) electrons. The van der Waals surface area contributed by atoms with Crippen LogP contribution in [0, 0.1) is 0 Å². The van der Waals surface area contributed by atoms with Crippen LogP contribution in [-0.4, -0.2) is 19.7 Å². The fourth-order valence-electron chi connectivity index (χ4n) is 1.57. The monoisotopic (exact) mass is 315 g/mol. The average Bonchev–Trinajstić information content (AvgIpc) is 2.36. The van der Waals surface area contributed by atoms with Gasteiger partial charge >= 0.3 is 12.4 Å². The van der Waals surface area contributed by atoms with E-state index in [2.05, 4.69) is 5.32 Å². The molecule has 1 aromatic rings. The van der Waals surface area contributed by atoms with E-state index < -0.39 is 29.2 Å². The van der Waals surface area contributed by atoms with E-state index in [9.17, 15) is 26.3 Å². The molecule has 0 atom stereocenters. The van der Waals surface area contributed by atoms with Crippen molar-refractivity contribution in [3.63, 3.8) is 0 Å². The maximum absolute atomic E-state index is 12.6. The predicted molar refractivity (Wildman–Crippen MR) is 65.1 cm³/mol. The fraction of sp³-hybridized carbons (Fsp3) is 0.538. The number of hydrogen-bond acceptors (Lipinski definition) is 2. The number of ether oxygens (including phenoxy) is 1. The van der Waals surface area contributed by atoms with Gasteiger partial charge in [-0.3, -0.25) is 0 Å². The van der Waals surface area contributed by atoms with Gasteiger partial charge < -0.3 is 10.1 Å². The Kier molecular flexibility index (Phi) is 5.88. The van der Waals surface area contributed by atoms with Gasteiger partial charge in [0.15, 0.2) is 0 Å². The van der Waals surface area contributed by atoms with Gasteiger partial charge in [-0.05, 0) is 37.7 Å². The van der Waals surface area contributed by atoms with E-state index in [1.54, 1.807) is 0 Å². The summed E-state index contributed by atoms with van der Waals surface area (Å²) in [7, 11) is 0. The Morgan fingerprint density at radius 3 is 1.90 bits per heavy atom. The van der Waals surface area contributed by atoms with Gasteiger partial charge in [-0.15, -0.1) is 0 Å². The summed E-state index contributed by atoms with van der Waals surface area (Å²) < 4.78 is 80.5. The SMILES string of the molecule is CCNCCCOc1cc(C(F)(F)F)cc(C(F)(F)F)c1. The minimum Gasteiger partial charge on any atom is -0.494 e. The molecule has 21 heavy (non-hydrogen) atoms. The zero-order valence-electron chi connectivity index (χ0n) is 11.2. The maximum atomic E-state index is 12.6. The normalized spacial score (nSPS) is 12.5. The standard InChI is InChI=1S/C13H15F6NO/c1-2-20-4-3-5-21-11-7-9(12(14,15)16)6-10(8-11)13(17,18)19/h6-8,20H,2-5H2,1H3. The highest BCUT2D eigenvalue weighted by molar-refractivity contribution is 5.37. The molecule has 1 N–H and O–H groups in total. The minimum absolute atomic E-state index is 0.0333. The van der Waals surface area contributed by atoms with Crippen molar-refractivity contribution in [2.45, 2.75) is 25.7 Å². The first-order valence-electron chi connectivity index (χ1n) is 6.27. The van der Waals surface area contributed by atoms with Crippen LogP contribution < -0.4 is 10.1 Å². The molecule has 0 fully saturated rings. The molecular formula is C13H15F6NO. The Bertz CT molecular complexity index is 423. The van der Waals surface area contributed by atoms with Crippen molar-refractivity contribution < 1.29 is 31.1 Å². The lowest BCUT2D eigenvalue weighted by Crippen LogP contribution is -2.17. The van der Waals surface area contributed by atoms with Gasteiger partial charge in [0.1, 0.15) is 5.75 Å². The number of nitrogens with one attached hydrogen (secondary N) is 1. The smallest absolute Gasteiger partial charge is 0.416 e. The summed E-state index contributed by atoms with van der Waals surface area (Å²) in [6, 6.07) is 1.22. The van der Waals surface area contributed by atoms with Crippen LogP contribution in [0.2, 0.25) is 0 Å². The second-order valence-electron chi connectivity index (χ2n) is 4.30. The van der Waals surface area contributed by atoms with Crippen molar-refractivity contribution in [2.24, 2.45) is 0 Å². The first-order chi connectivity index (χ1) is 9.64. The fourth-order valence-corrected chi connectivity index (χ4v) is 1.57. The van der Waals surface area contributed by atoms with Gasteiger partial charge in [0, 0.05) is 0 Å². The predicted octanol–water partition coefficient (Wildman–Crippen LogP) is 4.10. The highest BCUT2D eigenvalue weighted by Gasteiger charge is 2.37. The Labute approximate surface area is 118 Å². The lowest BCUT2D eigenvalue weighted by Gasteiger charge is -2.14. The first kappa shape index (κ1) is 17.6. The summed E-state index contributed by atoms with van der Waals surface area (Å²) in [5.74, 6) is -0.436. The molecule has 0 amide bonds. The van der Waals surface area contributed by atoms with Gasteiger partial charge in [0.25, 0.3) is 0 Å². The Hall–Kier alpha value is -1.44. The van der Waals surface area contributed by atoms with E-state index in [4.69, 9.17) is 4.74 Å². The molecule has 0 saturated carbocycles. The summed E-state index contributed by atoms with van der Waals surface area (Å²) in [6.07, 6.45) is -9.24. The highest BCUT2D eigenvalue weighted by atomic mass is 19.4. The molecule has 0 spiro atoms. The third-order valence-electron chi connectivity index (χ3n) is 2.58. The van der Waals surface area contributed by atoms with Crippen LogP contribution in [0.15, 0.2) is 18.2 Å². The molecule has 0 bridgehead atoms. The van der Waals surface area contributed by atoms with Crippen LogP contribution in [-0.2, 0) is 12.4 Å². The lowest BCUT2D eigenvalue weighted by atomic mass is 10.1. The second kappa shape index (κ2) is 7.02. The number of rotatable bonds is 6. The Morgan fingerprint density at radius 2 is 1.48 bits per heavy atom. The first-order valence-corrected chi connectivity index (χ1v) is 6.27. The minimum atomic E-state index is -4.86. The summed E-state index contributed by atoms with van der Waals surface area (Å²) in [6.45, 7) is 3.21. The molecule has 1 rings (SSSR count).